The van der Waals surface area contributed by atoms with Crippen molar-refractivity contribution in [3.05, 3.63) is 24.4 Å². The van der Waals surface area contributed by atoms with E-state index in [-0.39, 0.29) is 18.4 Å². The van der Waals surface area contributed by atoms with E-state index < -0.39 is 11.9 Å². The van der Waals surface area contributed by atoms with Crippen LogP contribution in [0.25, 0.3) is 0 Å². The number of anilines is 1. The van der Waals surface area contributed by atoms with Gasteiger partial charge in [0.15, 0.2) is 5.69 Å². The Morgan fingerprint density at radius 1 is 1.44 bits per heavy atom. The lowest BCUT2D eigenvalue weighted by molar-refractivity contribution is -0.141. The maximum atomic E-state index is 12.6. The largest absolute Gasteiger partial charge is 0.477 e. The second kappa shape index (κ2) is 6.23. The molecule has 0 saturated heterocycles. The van der Waals surface area contributed by atoms with Crippen LogP contribution in [0.1, 0.15) is 19.0 Å². The van der Waals surface area contributed by atoms with Crippen molar-refractivity contribution in [1.82, 2.24) is 9.97 Å². The minimum Gasteiger partial charge on any atom is -0.477 e. The number of hydrogen-bond donors (Lipinski definition) is 1. The van der Waals surface area contributed by atoms with E-state index in [2.05, 4.69) is 21.9 Å². The molecule has 0 aliphatic carbocycles. The second-order valence-electron chi connectivity index (χ2n) is 3.37. The number of ether oxygens (including phenoxy) is 1. The van der Waals surface area contributed by atoms with Gasteiger partial charge in [-0.25, -0.2) is 4.98 Å². The molecule has 0 atom stereocenters. The molecule has 1 rings (SSSR count). The van der Waals surface area contributed by atoms with Gasteiger partial charge in [-0.3, -0.25) is 0 Å². The molecule has 100 valence electrons. The van der Waals surface area contributed by atoms with Crippen LogP contribution in [0.4, 0.5) is 19.1 Å². The van der Waals surface area contributed by atoms with Crippen molar-refractivity contribution in [3.8, 4) is 5.88 Å². The highest BCUT2D eigenvalue weighted by Crippen LogP contribution is 2.30. The first kappa shape index (κ1) is 14.3. The SMILES string of the molecule is C=CCCOc1cc(C(F)(F)F)nc(NCC)n1. The van der Waals surface area contributed by atoms with E-state index >= 15 is 0 Å². The van der Waals surface area contributed by atoms with Gasteiger partial charge in [0, 0.05) is 12.6 Å². The fraction of sp³-hybridized carbons (Fsp3) is 0.455. The molecule has 1 heterocycles. The second-order valence-corrected chi connectivity index (χ2v) is 3.37. The first-order chi connectivity index (χ1) is 8.47. The molecule has 0 saturated carbocycles. The van der Waals surface area contributed by atoms with E-state index in [0.29, 0.717) is 13.0 Å². The van der Waals surface area contributed by atoms with Crippen molar-refractivity contribution >= 4 is 5.95 Å². The molecule has 0 amide bonds. The average molecular weight is 261 g/mol. The Labute approximate surface area is 103 Å². The quantitative estimate of drug-likeness (QED) is 0.632. The summed E-state index contributed by atoms with van der Waals surface area (Å²) >= 11 is 0. The van der Waals surface area contributed by atoms with Gasteiger partial charge in [0.25, 0.3) is 0 Å². The summed E-state index contributed by atoms with van der Waals surface area (Å²) in [4.78, 5) is 7.20. The highest BCUT2D eigenvalue weighted by molar-refractivity contribution is 5.31. The Kier molecular flexibility index (Phi) is 4.94. The van der Waals surface area contributed by atoms with Gasteiger partial charge in [-0.05, 0) is 13.3 Å². The smallest absolute Gasteiger partial charge is 0.433 e. The van der Waals surface area contributed by atoms with Gasteiger partial charge in [0.05, 0.1) is 6.61 Å². The third-order valence-corrected chi connectivity index (χ3v) is 1.90. The Hall–Kier alpha value is -1.79. The molecule has 7 heteroatoms. The Morgan fingerprint density at radius 2 is 2.17 bits per heavy atom. The summed E-state index contributed by atoms with van der Waals surface area (Å²) in [6.45, 7) is 5.88. The highest BCUT2D eigenvalue weighted by atomic mass is 19.4. The minimum atomic E-state index is -4.52. The number of rotatable bonds is 6. The van der Waals surface area contributed by atoms with Crippen LogP contribution in [0, 0.1) is 0 Å². The number of halogens is 3. The van der Waals surface area contributed by atoms with Crippen LogP contribution in [0.3, 0.4) is 0 Å². The molecule has 1 aromatic rings. The molecule has 0 unspecified atom stereocenters. The fourth-order valence-corrected chi connectivity index (χ4v) is 1.13. The zero-order valence-electron chi connectivity index (χ0n) is 9.92. The Bertz CT molecular complexity index is 407. The molecule has 0 radical (unpaired) electrons. The lowest BCUT2D eigenvalue weighted by Crippen LogP contribution is -2.13. The number of nitrogens with zero attached hydrogens (tertiary/aromatic N) is 2. The van der Waals surface area contributed by atoms with Crippen LogP contribution in [0.15, 0.2) is 18.7 Å². The van der Waals surface area contributed by atoms with Crippen LogP contribution in [0.5, 0.6) is 5.88 Å². The Balaban J connectivity index is 2.94. The van der Waals surface area contributed by atoms with Crippen molar-refractivity contribution in [1.29, 1.82) is 0 Å². The fourth-order valence-electron chi connectivity index (χ4n) is 1.13. The third-order valence-electron chi connectivity index (χ3n) is 1.90. The molecule has 0 bridgehead atoms. The van der Waals surface area contributed by atoms with Gasteiger partial charge >= 0.3 is 6.18 Å². The molecule has 0 spiro atoms. The molecule has 0 aromatic carbocycles. The molecule has 1 aromatic heterocycles. The van der Waals surface area contributed by atoms with E-state index in [0.717, 1.165) is 6.07 Å². The summed E-state index contributed by atoms with van der Waals surface area (Å²) < 4.78 is 42.9. The number of aromatic nitrogens is 2. The van der Waals surface area contributed by atoms with E-state index in [4.69, 9.17) is 4.74 Å². The monoisotopic (exact) mass is 261 g/mol. The third kappa shape index (κ3) is 4.23. The van der Waals surface area contributed by atoms with E-state index in [1.165, 1.54) is 0 Å². The molecule has 0 aliphatic rings. The van der Waals surface area contributed by atoms with Crippen molar-refractivity contribution in [2.45, 2.75) is 19.5 Å². The summed E-state index contributed by atoms with van der Waals surface area (Å²) in [6.07, 6.45) is -2.39. The molecule has 1 N–H and O–H groups in total. The first-order valence-electron chi connectivity index (χ1n) is 5.41. The number of alkyl halides is 3. The van der Waals surface area contributed by atoms with Crippen LogP contribution in [0.2, 0.25) is 0 Å². The van der Waals surface area contributed by atoms with Crippen molar-refractivity contribution in [3.63, 3.8) is 0 Å². The summed E-state index contributed by atoms with van der Waals surface area (Å²) in [6, 6.07) is 0.782. The number of nitrogens with one attached hydrogen (secondary N) is 1. The Morgan fingerprint density at radius 3 is 2.72 bits per heavy atom. The topological polar surface area (TPSA) is 47.0 Å². The zero-order valence-corrected chi connectivity index (χ0v) is 9.92. The molecule has 18 heavy (non-hydrogen) atoms. The summed E-state index contributed by atoms with van der Waals surface area (Å²) in [5.41, 5.74) is -1.03. The first-order valence-corrected chi connectivity index (χ1v) is 5.41. The van der Waals surface area contributed by atoms with Crippen LogP contribution in [-0.2, 0) is 6.18 Å². The predicted octanol–water partition coefficient (Wildman–Crippen LogP) is 2.88. The zero-order chi connectivity index (χ0) is 13.6. The molecule has 0 fully saturated rings. The van der Waals surface area contributed by atoms with Crippen LogP contribution >= 0.6 is 0 Å². The normalized spacial score (nSPS) is 11.1. The predicted molar refractivity (Wildman–Crippen MR) is 61.5 cm³/mol. The molecular weight excluding hydrogens is 247 g/mol. The van der Waals surface area contributed by atoms with E-state index in [1.54, 1.807) is 13.0 Å². The van der Waals surface area contributed by atoms with Crippen molar-refractivity contribution in [2.24, 2.45) is 0 Å². The standard InChI is InChI=1S/C11H14F3N3O/c1-3-5-6-18-9-7-8(11(12,13)14)16-10(17-9)15-4-2/h3,7H,1,4-6H2,2H3,(H,15,16,17). The van der Waals surface area contributed by atoms with Gasteiger partial charge in [-0.2, -0.15) is 18.2 Å². The molecule has 0 aliphatic heterocycles. The van der Waals surface area contributed by atoms with Gasteiger partial charge < -0.3 is 10.1 Å². The summed E-state index contributed by atoms with van der Waals surface area (Å²) in [7, 11) is 0. The van der Waals surface area contributed by atoms with Crippen molar-refractivity contribution < 1.29 is 17.9 Å². The van der Waals surface area contributed by atoms with Gasteiger partial charge in [-0.15, -0.1) is 6.58 Å². The van der Waals surface area contributed by atoms with Crippen LogP contribution in [-0.4, -0.2) is 23.1 Å². The lowest BCUT2D eigenvalue weighted by atomic mass is 10.4. The van der Waals surface area contributed by atoms with Gasteiger partial charge in [0.2, 0.25) is 11.8 Å². The van der Waals surface area contributed by atoms with E-state index in [9.17, 15) is 13.2 Å². The summed E-state index contributed by atoms with van der Waals surface area (Å²) in [5, 5.41) is 2.63. The van der Waals surface area contributed by atoms with E-state index in [1.807, 2.05) is 0 Å². The van der Waals surface area contributed by atoms with Crippen molar-refractivity contribution in [2.75, 3.05) is 18.5 Å². The lowest BCUT2D eigenvalue weighted by Gasteiger charge is -2.11. The maximum Gasteiger partial charge on any atom is 0.433 e. The molecule has 4 nitrogen and oxygen atoms in total. The number of hydrogen-bond acceptors (Lipinski definition) is 4. The van der Waals surface area contributed by atoms with Crippen LogP contribution < -0.4 is 10.1 Å². The molecular formula is C11H14F3N3O. The van der Waals surface area contributed by atoms with Gasteiger partial charge in [-0.1, -0.05) is 6.08 Å². The maximum absolute atomic E-state index is 12.6. The average Bonchev–Trinajstić information content (AvgIpc) is 2.28. The highest BCUT2D eigenvalue weighted by Gasteiger charge is 2.34. The minimum absolute atomic E-state index is 0.0964. The summed E-state index contributed by atoms with van der Waals surface area (Å²) in [5.74, 6) is -0.198. The van der Waals surface area contributed by atoms with Gasteiger partial charge in [0.1, 0.15) is 0 Å².